The summed E-state index contributed by atoms with van der Waals surface area (Å²) in [6.45, 7) is 4.62. The van der Waals surface area contributed by atoms with Crippen molar-refractivity contribution in [2.24, 2.45) is 0 Å². The second-order valence-corrected chi connectivity index (χ2v) is 6.30. The molecule has 0 saturated heterocycles. The molecule has 0 amide bonds. The first-order chi connectivity index (χ1) is 14.5. The molecule has 0 radical (unpaired) electrons. The Hall–Kier alpha value is -3.62. The highest BCUT2D eigenvalue weighted by Crippen LogP contribution is 2.39. The zero-order chi connectivity index (χ0) is 22.8. The van der Waals surface area contributed by atoms with Crippen molar-refractivity contribution in [2.75, 3.05) is 11.4 Å². The van der Waals surface area contributed by atoms with Gasteiger partial charge in [0.05, 0.1) is 18.7 Å². The topological polar surface area (TPSA) is 46.5 Å². The molecule has 5 nitrogen and oxygen atoms in total. The zero-order valence-corrected chi connectivity index (χ0v) is 15.3. The van der Waals surface area contributed by atoms with Gasteiger partial charge < -0.3 is 9.42 Å². The Bertz CT molecular complexity index is 1100. The number of nitrogens with zero attached hydrogens (tertiary/aromatic N) is 4. The normalized spacial score (nSPS) is 11.9. The SMILES string of the molecule is [C-]#[N+]c1ccc(N(Cc2noc(-c3ccc(F)cc3)n2)CC(F)(F)F)cc1C(F)(F)F. The lowest BCUT2D eigenvalue weighted by Crippen LogP contribution is -2.34. The number of halogens is 7. The number of hydrogen-bond donors (Lipinski definition) is 0. The second kappa shape index (κ2) is 8.25. The predicted molar refractivity (Wildman–Crippen MR) is 94.5 cm³/mol. The van der Waals surface area contributed by atoms with E-state index in [1.54, 1.807) is 0 Å². The van der Waals surface area contributed by atoms with Crippen molar-refractivity contribution in [1.29, 1.82) is 0 Å². The van der Waals surface area contributed by atoms with Gasteiger partial charge in [-0.1, -0.05) is 11.2 Å². The fourth-order valence-electron chi connectivity index (χ4n) is 2.70. The van der Waals surface area contributed by atoms with Crippen LogP contribution in [0.4, 0.5) is 42.1 Å². The molecule has 0 aliphatic carbocycles. The van der Waals surface area contributed by atoms with Crippen LogP contribution in [0.3, 0.4) is 0 Å². The Morgan fingerprint density at radius 1 is 1.00 bits per heavy atom. The molecular weight excluding hydrogens is 433 g/mol. The van der Waals surface area contributed by atoms with E-state index < -0.39 is 48.2 Å². The van der Waals surface area contributed by atoms with E-state index in [1.807, 2.05) is 0 Å². The molecule has 1 aromatic heterocycles. The minimum absolute atomic E-state index is 0.0960. The van der Waals surface area contributed by atoms with Crippen molar-refractivity contribution >= 4 is 11.4 Å². The zero-order valence-electron chi connectivity index (χ0n) is 15.3. The fourth-order valence-corrected chi connectivity index (χ4v) is 2.70. The average molecular weight is 444 g/mol. The van der Waals surface area contributed by atoms with E-state index in [1.165, 1.54) is 12.1 Å². The standard InChI is InChI=1S/C19H11F7N4O/c1-27-15-7-6-13(8-14(15)19(24,25)26)30(10-18(21,22)23)9-16-28-17(31-29-16)11-2-4-12(20)5-3-11/h2-8H,9-10H2. The van der Waals surface area contributed by atoms with E-state index in [0.29, 0.717) is 16.5 Å². The first kappa shape index (κ1) is 22.1. The third kappa shape index (κ3) is 5.50. The van der Waals surface area contributed by atoms with Gasteiger partial charge in [-0.05, 0) is 36.4 Å². The van der Waals surface area contributed by atoms with Gasteiger partial charge in [0.25, 0.3) is 5.89 Å². The number of alkyl halides is 6. The van der Waals surface area contributed by atoms with Gasteiger partial charge in [-0.3, -0.25) is 0 Å². The summed E-state index contributed by atoms with van der Waals surface area (Å²) in [7, 11) is 0. The van der Waals surface area contributed by atoms with Crippen molar-refractivity contribution < 1.29 is 35.3 Å². The first-order valence-corrected chi connectivity index (χ1v) is 8.45. The number of rotatable bonds is 5. The van der Waals surface area contributed by atoms with E-state index in [2.05, 4.69) is 15.0 Å². The number of anilines is 1. The summed E-state index contributed by atoms with van der Waals surface area (Å²) in [5, 5.41) is 3.56. The molecule has 0 atom stereocenters. The maximum absolute atomic E-state index is 13.2. The second-order valence-electron chi connectivity index (χ2n) is 6.30. The van der Waals surface area contributed by atoms with Crippen molar-refractivity contribution in [3.63, 3.8) is 0 Å². The molecule has 0 aliphatic heterocycles. The van der Waals surface area contributed by atoms with Crippen molar-refractivity contribution in [1.82, 2.24) is 10.1 Å². The molecule has 0 aliphatic rings. The van der Waals surface area contributed by atoms with Crippen LogP contribution < -0.4 is 4.90 Å². The van der Waals surface area contributed by atoms with E-state index >= 15 is 0 Å². The molecule has 3 rings (SSSR count). The van der Waals surface area contributed by atoms with E-state index in [9.17, 15) is 30.7 Å². The summed E-state index contributed by atoms with van der Waals surface area (Å²) in [4.78, 5) is 7.28. The van der Waals surface area contributed by atoms with Crippen LogP contribution in [-0.4, -0.2) is 22.9 Å². The van der Waals surface area contributed by atoms with Crippen molar-refractivity contribution in [2.45, 2.75) is 18.9 Å². The molecule has 1 heterocycles. The third-order valence-corrected chi connectivity index (χ3v) is 4.03. The number of aromatic nitrogens is 2. The van der Waals surface area contributed by atoms with Gasteiger partial charge >= 0.3 is 12.4 Å². The first-order valence-electron chi connectivity index (χ1n) is 8.45. The molecule has 12 heteroatoms. The molecular formula is C19H11F7N4O. The molecule has 0 saturated carbocycles. The molecule has 0 N–H and O–H groups in total. The molecule has 0 bridgehead atoms. The van der Waals surface area contributed by atoms with Crippen LogP contribution in [0.15, 0.2) is 47.0 Å². The summed E-state index contributed by atoms with van der Waals surface area (Å²) in [6, 6.07) is 7.13. The van der Waals surface area contributed by atoms with Gasteiger partial charge in [0.15, 0.2) is 11.5 Å². The van der Waals surface area contributed by atoms with Gasteiger partial charge in [0, 0.05) is 11.3 Å². The summed E-state index contributed by atoms with van der Waals surface area (Å²) in [5.41, 5.74) is -2.21. The van der Waals surface area contributed by atoms with Crippen LogP contribution in [0.25, 0.3) is 16.3 Å². The maximum atomic E-state index is 13.2. The monoisotopic (exact) mass is 444 g/mol. The third-order valence-electron chi connectivity index (χ3n) is 4.03. The molecule has 31 heavy (non-hydrogen) atoms. The van der Waals surface area contributed by atoms with E-state index in [4.69, 9.17) is 11.1 Å². The molecule has 162 valence electrons. The summed E-state index contributed by atoms with van der Waals surface area (Å²) in [5.74, 6) is -0.851. The van der Waals surface area contributed by atoms with Crippen LogP contribution in [0.1, 0.15) is 11.4 Å². The van der Waals surface area contributed by atoms with Crippen molar-refractivity contribution in [3.8, 4) is 11.5 Å². The fraction of sp³-hybridized carbons (Fsp3) is 0.211. The highest BCUT2D eigenvalue weighted by Gasteiger charge is 2.36. The molecule has 0 spiro atoms. The largest absolute Gasteiger partial charge is 0.407 e. The van der Waals surface area contributed by atoms with Crippen LogP contribution in [0.5, 0.6) is 0 Å². The maximum Gasteiger partial charge on any atom is 0.407 e. The summed E-state index contributed by atoms with van der Waals surface area (Å²) in [6.07, 6.45) is -9.68. The Morgan fingerprint density at radius 3 is 2.26 bits per heavy atom. The van der Waals surface area contributed by atoms with Crippen LogP contribution in [-0.2, 0) is 12.7 Å². The Balaban J connectivity index is 1.94. The summed E-state index contributed by atoms with van der Waals surface area (Å²) >= 11 is 0. The van der Waals surface area contributed by atoms with Gasteiger partial charge in [-0.25, -0.2) is 9.24 Å². The Labute approximate surface area is 170 Å². The highest BCUT2D eigenvalue weighted by molar-refractivity contribution is 5.62. The lowest BCUT2D eigenvalue weighted by molar-refractivity contribution is -0.136. The van der Waals surface area contributed by atoms with E-state index in [-0.39, 0.29) is 11.7 Å². The van der Waals surface area contributed by atoms with Crippen LogP contribution >= 0.6 is 0 Å². The summed E-state index contributed by atoms with van der Waals surface area (Å²) < 4.78 is 96.8. The van der Waals surface area contributed by atoms with Gasteiger partial charge in [-0.2, -0.15) is 31.3 Å². The molecule has 3 aromatic rings. The minimum Gasteiger partial charge on any atom is -0.355 e. The van der Waals surface area contributed by atoms with Gasteiger partial charge in [-0.15, -0.1) is 0 Å². The van der Waals surface area contributed by atoms with Gasteiger partial charge in [0.2, 0.25) is 0 Å². The number of benzene rings is 2. The molecule has 2 aromatic carbocycles. The van der Waals surface area contributed by atoms with Crippen LogP contribution in [0, 0.1) is 12.4 Å². The lowest BCUT2D eigenvalue weighted by Gasteiger charge is -2.25. The van der Waals surface area contributed by atoms with Crippen molar-refractivity contribution in [3.05, 3.63) is 71.1 Å². The minimum atomic E-state index is -4.93. The predicted octanol–water partition coefficient (Wildman–Crippen LogP) is 6.01. The smallest absolute Gasteiger partial charge is 0.355 e. The van der Waals surface area contributed by atoms with Gasteiger partial charge in [0.1, 0.15) is 12.4 Å². The van der Waals surface area contributed by atoms with Crippen LogP contribution in [0.2, 0.25) is 0 Å². The molecule has 0 fully saturated rings. The lowest BCUT2D eigenvalue weighted by atomic mass is 10.1. The average Bonchev–Trinajstić information content (AvgIpc) is 3.14. The quantitative estimate of drug-likeness (QED) is 0.357. The highest BCUT2D eigenvalue weighted by atomic mass is 19.4. The Morgan fingerprint density at radius 2 is 1.68 bits per heavy atom. The Kier molecular flexibility index (Phi) is 5.88. The number of hydrogen-bond acceptors (Lipinski definition) is 4. The van der Waals surface area contributed by atoms with E-state index in [0.717, 1.165) is 24.3 Å². The molecule has 0 unspecified atom stereocenters.